The summed E-state index contributed by atoms with van der Waals surface area (Å²) in [5, 5.41) is 6.90. The van der Waals surface area contributed by atoms with Gasteiger partial charge in [0.15, 0.2) is 0 Å². The first-order chi connectivity index (χ1) is 22.8. The summed E-state index contributed by atoms with van der Waals surface area (Å²) in [5.41, 5.74) is 0.636. The Morgan fingerprint density at radius 2 is 1.64 bits per heavy atom. The van der Waals surface area contributed by atoms with Crippen molar-refractivity contribution >= 4 is 46.6 Å². The molecular weight excluding hydrogens is 637 g/mol. The van der Waals surface area contributed by atoms with Crippen LogP contribution in [-0.2, 0) is 25.7 Å². The van der Waals surface area contributed by atoms with Crippen LogP contribution in [0.1, 0.15) is 44.1 Å². The van der Waals surface area contributed by atoms with Gasteiger partial charge in [-0.2, -0.15) is 0 Å². The highest BCUT2D eigenvalue weighted by Crippen LogP contribution is 2.55. The number of hydrogen-bond acceptors (Lipinski definition) is 6. The van der Waals surface area contributed by atoms with Crippen molar-refractivity contribution in [2.75, 3.05) is 44.6 Å². The number of halogens is 2. The lowest BCUT2D eigenvalue weighted by molar-refractivity contribution is -0.141. The molecule has 3 amide bonds. The van der Waals surface area contributed by atoms with Crippen molar-refractivity contribution in [3.05, 3.63) is 76.3 Å². The van der Waals surface area contributed by atoms with Gasteiger partial charge < -0.3 is 25.2 Å². The topological polar surface area (TPSA) is 94.2 Å². The number of carbonyl (C=O) groups is 3. The maximum Gasteiger partial charge on any atom is 0.246 e. The van der Waals surface area contributed by atoms with Crippen LogP contribution in [0.5, 0.6) is 0 Å². The fraction of sp³-hybridized carbons (Fsp3) is 0.528. The lowest BCUT2D eigenvalue weighted by Crippen LogP contribution is -2.56. The monoisotopic (exact) mass is 679 g/mol. The van der Waals surface area contributed by atoms with Crippen LogP contribution in [0.3, 0.4) is 0 Å². The maximum absolute atomic E-state index is 14.3. The summed E-state index contributed by atoms with van der Waals surface area (Å²) in [7, 11) is 0. The van der Waals surface area contributed by atoms with Gasteiger partial charge in [-0.1, -0.05) is 84.9 Å². The number of nitrogens with one attached hydrogen (secondary N) is 2. The molecule has 47 heavy (non-hydrogen) atoms. The highest BCUT2D eigenvalue weighted by atomic mass is 35.5. The molecule has 5 atom stereocenters. The van der Waals surface area contributed by atoms with Gasteiger partial charge in [0, 0.05) is 51.0 Å². The van der Waals surface area contributed by atoms with Gasteiger partial charge in [0.25, 0.3) is 0 Å². The molecule has 2 N–H and O–H groups in total. The van der Waals surface area contributed by atoms with E-state index < -0.39 is 29.6 Å². The van der Waals surface area contributed by atoms with E-state index in [0.29, 0.717) is 22.3 Å². The quantitative estimate of drug-likeness (QED) is 0.353. The van der Waals surface area contributed by atoms with E-state index in [1.807, 2.05) is 18.2 Å². The predicted molar refractivity (Wildman–Crippen MR) is 182 cm³/mol. The number of benzene rings is 2. The van der Waals surface area contributed by atoms with Gasteiger partial charge >= 0.3 is 0 Å². The van der Waals surface area contributed by atoms with E-state index in [1.165, 1.54) is 12.0 Å². The number of amides is 3. The van der Waals surface area contributed by atoms with Gasteiger partial charge in [0.05, 0.1) is 28.0 Å². The van der Waals surface area contributed by atoms with Crippen LogP contribution < -0.4 is 10.6 Å². The Bertz CT molecular complexity index is 1510. The number of piperazine rings is 1. The number of anilines is 1. The van der Waals surface area contributed by atoms with Gasteiger partial charge in [-0.3, -0.25) is 19.3 Å². The Labute approximate surface area is 286 Å². The summed E-state index contributed by atoms with van der Waals surface area (Å²) >= 11 is 12.3. The van der Waals surface area contributed by atoms with Crippen molar-refractivity contribution < 1.29 is 19.1 Å². The van der Waals surface area contributed by atoms with Gasteiger partial charge in [0.1, 0.15) is 11.6 Å². The zero-order chi connectivity index (χ0) is 32.5. The summed E-state index contributed by atoms with van der Waals surface area (Å²) in [6.45, 7) is 6.11. The number of hydrogen-bond donors (Lipinski definition) is 2. The van der Waals surface area contributed by atoms with Gasteiger partial charge in [-0.25, -0.2) is 0 Å². The fourth-order valence-electron chi connectivity index (χ4n) is 8.31. The molecule has 250 valence electrons. The zero-order valence-electron chi connectivity index (χ0n) is 26.6. The highest BCUT2D eigenvalue weighted by Gasteiger charge is 2.72. The van der Waals surface area contributed by atoms with Crippen molar-refractivity contribution in [2.24, 2.45) is 11.8 Å². The molecule has 11 heteroatoms. The van der Waals surface area contributed by atoms with Crippen molar-refractivity contribution in [2.45, 2.75) is 68.9 Å². The van der Waals surface area contributed by atoms with Crippen LogP contribution in [0.2, 0.25) is 10.0 Å². The molecule has 5 aliphatic rings. The van der Waals surface area contributed by atoms with Gasteiger partial charge in [0.2, 0.25) is 17.7 Å². The normalized spacial score (nSPS) is 29.3. The minimum absolute atomic E-state index is 0.0900. The molecule has 4 heterocycles. The summed E-state index contributed by atoms with van der Waals surface area (Å²) in [5.74, 6) is -2.26. The minimum Gasteiger partial charge on any atom is -0.359 e. The van der Waals surface area contributed by atoms with Crippen molar-refractivity contribution in [3.8, 4) is 0 Å². The van der Waals surface area contributed by atoms with Crippen molar-refractivity contribution in [1.82, 2.24) is 20.0 Å². The van der Waals surface area contributed by atoms with E-state index in [2.05, 4.69) is 44.7 Å². The van der Waals surface area contributed by atoms with Crippen LogP contribution in [0.4, 0.5) is 5.69 Å². The Balaban J connectivity index is 1.04. The molecule has 2 aromatic carbocycles. The van der Waals surface area contributed by atoms with E-state index in [9.17, 15) is 14.4 Å². The molecule has 4 fully saturated rings. The van der Waals surface area contributed by atoms with E-state index >= 15 is 0 Å². The molecule has 1 aliphatic carbocycles. The summed E-state index contributed by atoms with van der Waals surface area (Å²) in [4.78, 5) is 48.8. The van der Waals surface area contributed by atoms with E-state index in [0.717, 1.165) is 71.4 Å². The van der Waals surface area contributed by atoms with Crippen LogP contribution in [0, 0.1) is 11.8 Å². The number of likely N-dealkylation sites (tertiary alicyclic amines) is 1. The van der Waals surface area contributed by atoms with Gasteiger partial charge in [-0.05, 0) is 49.6 Å². The standard InChI is InChI=1S/C36H43Cl2N5O4/c37-27-13-12-26(22-28(27)38)40-33(44)30-29-14-15-36(47-29)31(30)35(46)43(32(36)34(45)39-25-10-5-2-6-11-25)17-7-16-41-18-20-42(21-19-41)23-24-8-3-1-4-9-24/h1,3-4,8-9,12-15,22,25,29-32H,2,5-7,10-11,16-21,23H2,(H,39,45)(H,40,44)/t29-,30+,31-,32-,36-/m0/s1. The van der Waals surface area contributed by atoms with E-state index in [4.69, 9.17) is 27.9 Å². The first-order valence-electron chi connectivity index (χ1n) is 17.0. The van der Waals surface area contributed by atoms with Gasteiger partial charge in [-0.15, -0.1) is 0 Å². The molecule has 1 saturated carbocycles. The molecule has 0 radical (unpaired) electrons. The van der Waals surface area contributed by atoms with E-state index in [1.54, 1.807) is 23.1 Å². The Hall–Kier alpha value is -2.95. The van der Waals surface area contributed by atoms with E-state index in [-0.39, 0.29) is 23.8 Å². The van der Waals surface area contributed by atoms with Crippen LogP contribution in [-0.4, -0.2) is 95.5 Å². The average Bonchev–Trinajstić information content (AvgIpc) is 3.72. The molecule has 9 nitrogen and oxygen atoms in total. The maximum atomic E-state index is 14.3. The average molecular weight is 681 g/mol. The van der Waals surface area contributed by atoms with Crippen LogP contribution in [0.15, 0.2) is 60.7 Å². The molecular formula is C36H43Cl2N5O4. The molecule has 2 bridgehead atoms. The SMILES string of the molecule is O=C(Nc1ccc(Cl)c(Cl)c1)[C@@H]1[C@@H]2C=C[C@]3(O2)[C@@H]1C(=O)N(CCCN1CCN(Cc2ccccc2)CC1)[C@H]3C(=O)NC1CCCCC1. The third kappa shape index (κ3) is 6.57. The molecule has 1 spiro atoms. The van der Waals surface area contributed by atoms with Crippen molar-refractivity contribution in [1.29, 1.82) is 0 Å². The summed E-state index contributed by atoms with van der Waals surface area (Å²) in [6.07, 6.45) is 9.08. The molecule has 7 rings (SSSR count). The minimum atomic E-state index is -1.18. The number of ether oxygens (including phenoxy) is 1. The molecule has 0 unspecified atom stereocenters. The van der Waals surface area contributed by atoms with Crippen molar-refractivity contribution in [3.63, 3.8) is 0 Å². The second-order valence-electron chi connectivity index (χ2n) is 13.7. The second kappa shape index (κ2) is 13.9. The third-order valence-electron chi connectivity index (χ3n) is 10.7. The number of nitrogens with zero attached hydrogens (tertiary/aromatic N) is 3. The lowest BCUT2D eigenvalue weighted by Gasteiger charge is -2.36. The zero-order valence-corrected chi connectivity index (χ0v) is 28.1. The van der Waals surface area contributed by atoms with Crippen LogP contribution in [0.25, 0.3) is 0 Å². The molecule has 4 aliphatic heterocycles. The highest BCUT2D eigenvalue weighted by molar-refractivity contribution is 6.42. The number of rotatable bonds is 10. The second-order valence-corrected chi connectivity index (χ2v) is 14.5. The first-order valence-corrected chi connectivity index (χ1v) is 17.8. The Kier molecular flexibility index (Phi) is 9.63. The first kappa shape index (κ1) is 32.6. The van der Waals surface area contributed by atoms with Crippen LogP contribution >= 0.6 is 23.2 Å². The summed E-state index contributed by atoms with van der Waals surface area (Å²) < 4.78 is 6.52. The fourth-order valence-corrected chi connectivity index (χ4v) is 8.61. The predicted octanol–water partition coefficient (Wildman–Crippen LogP) is 4.74. The number of fused-ring (bicyclic) bond motifs is 1. The number of carbonyl (C=O) groups excluding carboxylic acids is 3. The smallest absolute Gasteiger partial charge is 0.246 e. The molecule has 2 aromatic rings. The lowest BCUT2D eigenvalue weighted by atomic mass is 9.74. The molecule has 3 saturated heterocycles. The Morgan fingerprint density at radius 3 is 2.38 bits per heavy atom. The molecule has 0 aromatic heterocycles. The summed E-state index contributed by atoms with van der Waals surface area (Å²) in [6, 6.07) is 14.7. The largest absolute Gasteiger partial charge is 0.359 e. The third-order valence-corrected chi connectivity index (χ3v) is 11.4. The Morgan fingerprint density at radius 1 is 0.894 bits per heavy atom.